The number of nitrogens with one attached hydrogen (secondary N) is 2. The van der Waals surface area contributed by atoms with Crippen LogP contribution in [0.15, 0.2) is 48.7 Å². The summed E-state index contributed by atoms with van der Waals surface area (Å²) in [5.74, 6) is 1.68. The van der Waals surface area contributed by atoms with Crippen LogP contribution < -0.4 is 14.8 Å². The second-order valence-corrected chi connectivity index (χ2v) is 7.81. The Balaban J connectivity index is 1.37. The molecule has 1 amide bonds. The van der Waals surface area contributed by atoms with Crippen molar-refractivity contribution in [2.75, 3.05) is 14.2 Å². The summed E-state index contributed by atoms with van der Waals surface area (Å²) >= 11 is 0. The van der Waals surface area contributed by atoms with Gasteiger partial charge in [-0.15, -0.1) is 0 Å². The summed E-state index contributed by atoms with van der Waals surface area (Å²) in [7, 11) is 3.34. The van der Waals surface area contributed by atoms with Gasteiger partial charge in [-0.25, -0.2) is 0 Å². The van der Waals surface area contributed by atoms with Crippen molar-refractivity contribution in [3.05, 3.63) is 59.9 Å². The first-order valence-electron chi connectivity index (χ1n) is 10.3. The molecule has 1 unspecified atom stereocenters. The lowest BCUT2D eigenvalue weighted by Crippen LogP contribution is -2.33. The number of hydrogen-bond donors (Lipinski definition) is 2. The van der Waals surface area contributed by atoms with Crippen LogP contribution in [0.1, 0.15) is 30.1 Å². The van der Waals surface area contributed by atoms with Crippen LogP contribution in [0.3, 0.4) is 0 Å². The fraction of sp³-hybridized carbons (Fsp3) is 0.292. The predicted molar refractivity (Wildman–Crippen MR) is 117 cm³/mol. The van der Waals surface area contributed by atoms with Crippen molar-refractivity contribution in [3.63, 3.8) is 0 Å². The molecule has 0 bridgehead atoms. The van der Waals surface area contributed by atoms with Crippen LogP contribution in [0.4, 0.5) is 0 Å². The van der Waals surface area contributed by atoms with E-state index in [2.05, 4.69) is 16.4 Å². The summed E-state index contributed by atoms with van der Waals surface area (Å²) in [6.07, 6.45) is 4.95. The first-order valence-corrected chi connectivity index (χ1v) is 10.3. The molecule has 0 spiro atoms. The van der Waals surface area contributed by atoms with Crippen molar-refractivity contribution >= 4 is 27.7 Å². The van der Waals surface area contributed by atoms with Crippen LogP contribution in [0, 0.1) is 0 Å². The summed E-state index contributed by atoms with van der Waals surface area (Å²) < 4.78 is 12.7. The topological polar surface area (TPSA) is 68.3 Å². The largest absolute Gasteiger partial charge is 0.497 e. The molecule has 0 fully saturated rings. The van der Waals surface area contributed by atoms with Gasteiger partial charge in [0.05, 0.1) is 20.3 Å². The smallest absolute Gasteiger partial charge is 0.240 e. The molecule has 1 aliphatic rings. The van der Waals surface area contributed by atoms with Crippen LogP contribution in [0.25, 0.3) is 21.8 Å². The van der Waals surface area contributed by atoms with E-state index in [4.69, 9.17) is 9.47 Å². The molecule has 2 aromatic heterocycles. The molecule has 1 atom stereocenters. The highest BCUT2D eigenvalue weighted by atomic mass is 16.5. The number of methoxy groups -OCH3 is 2. The molecule has 4 aromatic rings. The second kappa shape index (κ2) is 7.44. The highest BCUT2D eigenvalue weighted by Gasteiger charge is 2.26. The molecule has 6 nitrogen and oxygen atoms in total. The Morgan fingerprint density at radius 2 is 1.93 bits per heavy atom. The molecule has 2 N–H and O–H groups in total. The van der Waals surface area contributed by atoms with Crippen LogP contribution in [0.5, 0.6) is 11.5 Å². The maximum Gasteiger partial charge on any atom is 0.240 e. The summed E-state index contributed by atoms with van der Waals surface area (Å²) in [5, 5.41) is 5.49. The minimum absolute atomic E-state index is 0.00145. The highest BCUT2D eigenvalue weighted by molar-refractivity contribution is 5.87. The Morgan fingerprint density at radius 3 is 2.77 bits per heavy atom. The van der Waals surface area contributed by atoms with E-state index in [0.29, 0.717) is 0 Å². The molecule has 2 heterocycles. The average molecular weight is 403 g/mol. The number of aryl methyl sites for hydroxylation is 1. The highest BCUT2D eigenvalue weighted by Crippen LogP contribution is 2.36. The summed E-state index contributed by atoms with van der Waals surface area (Å²) in [5.41, 5.74) is 4.53. The number of amides is 1. The van der Waals surface area contributed by atoms with E-state index < -0.39 is 0 Å². The van der Waals surface area contributed by atoms with E-state index in [1.54, 1.807) is 14.2 Å². The average Bonchev–Trinajstić information content (AvgIpc) is 3.34. The van der Waals surface area contributed by atoms with Gasteiger partial charge in [0.2, 0.25) is 5.91 Å². The Labute approximate surface area is 174 Å². The number of fused-ring (bicyclic) bond motifs is 4. The first-order chi connectivity index (χ1) is 14.7. The summed E-state index contributed by atoms with van der Waals surface area (Å²) in [4.78, 5) is 16.4. The molecule has 0 saturated heterocycles. The molecule has 30 heavy (non-hydrogen) atoms. The van der Waals surface area contributed by atoms with E-state index in [1.807, 2.05) is 47.2 Å². The quantitative estimate of drug-likeness (QED) is 0.521. The zero-order valence-corrected chi connectivity index (χ0v) is 17.2. The third-order valence-corrected chi connectivity index (χ3v) is 6.04. The van der Waals surface area contributed by atoms with Crippen LogP contribution in [-0.4, -0.2) is 29.7 Å². The van der Waals surface area contributed by atoms with Crippen molar-refractivity contribution in [2.45, 2.75) is 31.8 Å². The number of nitrogens with zero attached hydrogens (tertiary/aromatic N) is 1. The van der Waals surface area contributed by atoms with E-state index >= 15 is 0 Å². The number of hydrogen-bond acceptors (Lipinski definition) is 3. The van der Waals surface area contributed by atoms with Crippen molar-refractivity contribution in [1.82, 2.24) is 14.9 Å². The lowest BCUT2D eigenvalue weighted by atomic mass is 9.91. The Kier molecular flexibility index (Phi) is 4.62. The van der Waals surface area contributed by atoms with Gasteiger partial charge in [-0.05, 0) is 67.3 Å². The van der Waals surface area contributed by atoms with Gasteiger partial charge in [-0.3, -0.25) is 4.79 Å². The first kappa shape index (κ1) is 18.6. The molecule has 5 rings (SSSR count). The summed E-state index contributed by atoms with van der Waals surface area (Å²) in [6, 6.07) is 14.0. The molecular weight excluding hydrogens is 378 g/mol. The molecular formula is C24H25N3O3. The van der Waals surface area contributed by atoms with Gasteiger partial charge < -0.3 is 24.3 Å². The van der Waals surface area contributed by atoms with Gasteiger partial charge >= 0.3 is 0 Å². The van der Waals surface area contributed by atoms with Crippen LogP contribution in [-0.2, 0) is 17.8 Å². The van der Waals surface area contributed by atoms with E-state index in [0.717, 1.165) is 52.9 Å². The molecule has 0 aliphatic heterocycles. The fourth-order valence-electron chi connectivity index (χ4n) is 4.55. The van der Waals surface area contributed by atoms with Gasteiger partial charge in [0.1, 0.15) is 18.0 Å². The van der Waals surface area contributed by atoms with Gasteiger partial charge in [-0.2, -0.15) is 0 Å². The van der Waals surface area contributed by atoms with E-state index in [1.165, 1.54) is 10.9 Å². The van der Waals surface area contributed by atoms with Crippen LogP contribution in [0.2, 0.25) is 0 Å². The Morgan fingerprint density at radius 1 is 1.13 bits per heavy atom. The lowest BCUT2D eigenvalue weighted by Gasteiger charge is -2.24. The van der Waals surface area contributed by atoms with Gasteiger partial charge in [0.25, 0.3) is 0 Å². The minimum Gasteiger partial charge on any atom is -0.497 e. The molecule has 0 saturated carbocycles. The van der Waals surface area contributed by atoms with Gasteiger partial charge in [0, 0.05) is 33.7 Å². The minimum atomic E-state index is 0.00145. The van der Waals surface area contributed by atoms with E-state index in [9.17, 15) is 4.79 Å². The predicted octanol–water partition coefficient (Wildman–Crippen LogP) is 4.33. The number of carbonyl (C=O) groups is 1. The molecule has 1 aliphatic carbocycles. The SMILES string of the molecule is COc1ccc2c(ccn2CC(=O)NC2CCCc3c2[nH]c2ccc(OC)cc32)c1. The van der Waals surface area contributed by atoms with Crippen molar-refractivity contribution in [1.29, 1.82) is 0 Å². The van der Waals surface area contributed by atoms with Crippen molar-refractivity contribution in [2.24, 2.45) is 0 Å². The van der Waals surface area contributed by atoms with Gasteiger partial charge in [0.15, 0.2) is 0 Å². The zero-order chi connectivity index (χ0) is 20.7. The van der Waals surface area contributed by atoms with Crippen molar-refractivity contribution in [3.8, 4) is 11.5 Å². The van der Waals surface area contributed by atoms with Gasteiger partial charge in [-0.1, -0.05) is 0 Å². The Hall–Kier alpha value is -3.41. The second-order valence-electron chi connectivity index (χ2n) is 7.81. The number of carbonyl (C=O) groups excluding carboxylic acids is 1. The monoisotopic (exact) mass is 403 g/mol. The molecule has 2 aromatic carbocycles. The maximum atomic E-state index is 12.9. The number of H-pyrrole nitrogens is 1. The maximum absolute atomic E-state index is 12.9. The summed E-state index contributed by atoms with van der Waals surface area (Å²) in [6.45, 7) is 0.287. The number of rotatable bonds is 5. The van der Waals surface area contributed by atoms with Crippen molar-refractivity contribution < 1.29 is 14.3 Å². The third-order valence-electron chi connectivity index (χ3n) is 6.04. The van der Waals surface area contributed by atoms with E-state index in [-0.39, 0.29) is 18.5 Å². The number of ether oxygens (including phenoxy) is 2. The lowest BCUT2D eigenvalue weighted by molar-refractivity contribution is -0.122. The number of aromatic amines is 1. The number of aromatic nitrogens is 2. The molecule has 154 valence electrons. The van der Waals surface area contributed by atoms with Crippen LogP contribution >= 0.6 is 0 Å². The zero-order valence-electron chi connectivity index (χ0n) is 17.2. The normalized spacial score (nSPS) is 15.9. The standard InChI is InChI=1S/C24H25N3O3/c1-29-16-7-9-22-15(12-16)10-11-27(22)14-23(28)25-21-5-3-4-18-19-13-17(30-2)6-8-20(19)26-24(18)21/h6-13,21,26H,3-5,14H2,1-2H3,(H,25,28). The number of benzene rings is 2. The molecule has 0 radical (unpaired) electrons. The molecule has 6 heteroatoms. The fourth-order valence-corrected chi connectivity index (χ4v) is 4.55. The Bertz CT molecular complexity index is 1240. The third kappa shape index (κ3) is 3.18.